The number of hydrogen-bond acceptors (Lipinski definition) is 4. The Hall–Kier alpha value is -0.950. The number of unbranched alkanes of at least 4 members (excludes halogenated alkanes) is 6. The summed E-state index contributed by atoms with van der Waals surface area (Å²) in [7, 11) is -3.62. The highest BCUT2D eigenvalue weighted by Gasteiger charge is 2.50. The second-order valence-corrected chi connectivity index (χ2v) is 8.25. The minimum atomic E-state index is -3.62. The van der Waals surface area contributed by atoms with E-state index in [2.05, 4.69) is 17.2 Å². The van der Waals surface area contributed by atoms with Crippen LogP contribution in [0.25, 0.3) is 0 Å². The third kappa shape index (κ3) is 3.87. The topological polar surface area (TPSA) is 90.9 Å². The number of aryl methyl sites for hydroxylation is 1. The maximum Gasteiger partial charge on any atom is 0.220 e. The fourth-order valence-corrected chi connectivity index (χ4v) is 4.27. The van der Waals surface area contributed by atoms with E-state index >= 15 is 0 Å². The van der Waals surface area contributed by atoms with Gasteiger partial charge in [0.05, 0.1) is 6.20 Å². The number of primary sulfonamides is 1. The van der Waals surface area contributed by atoms with Crippen molar-refractivity contribution in [2.45, 2.75) is 82.4 Å². The van der Waals surface area contributed by atoms with Crippen molar-refractivity contribution >= 4 is 10.0 Å². The summed E-state index contributed by atoms with van der Waals surface area (Å²) in [6.45, 7) is 3.01. The predicted octanol–water partition coefficient (Wildman–Crippen LogP) is 2.70. The first-order valence-corrected chi connectivity index (χ1v) is 9.97. The van der Waals surface area contributed by atoms with Crippen LogP contribution in [0, 0.1) is 0 Å². The van der Waals surface area contributed by atoms with Crippen molar-refractivity contribution in [2.24, 2.45) is 5.14 Å². The summed E-state index contributed by atoms with van der Waals surface area (Å²) in [6, 6.07) is 0. The molecule has 1 aliphatic rings. The average molecular weight is 328 g/mol. The molecule has 0 spiro atoms. The van der Waals surface area contributed by atoms with Crippen LogP contribution in [0.4, 0.5) is 0 Å². The Kier molecular flexibility index (Phi) is 5.97. The van der Waals surface area contributed by atoms with E-state index in [1.165, 1.54) is 38.5 Å². The Morgan fingerprint density at radius 1 is 1.18 bits per heavy atom. The molecule has 7 heteroatoms. The van der Waals surface area contributed by atoms with Gasteiger partial charge in [0.25, 0.3) is 0 Å². The van der Waals surface area contributed by atoms with E-state index in [9.17, 15) is 8.42 Å². The SMILES string of the molecule is CCCCCCCCCn1cc(C2(S(N)(=O)=O)CCC2)nn1. The first-order valence-electron chi connectivity index (χ1n) is 8.42. The standard InChI is InChI=1S/C15H28N4O2S/c1-2-3-4-5-6-7-8-12-19-13-14(17-18-19)15(10-9-11-15)22(16,20)21/h13H,2-12H2,1H3,(H2,16,20,21). The molecule has 2 rings (SSSR count). The predicted molar refractivity (Wildman–Crippen MR) is 86.7 cm³/mol. The number of aromatic nitrogens is 3. The molecule has 1 aromatic heterocycles. The zero-order chi connectivity index (χ0) is 16.1. The van der Waals surface area contributed by atoms with Gasteiger partial charge in [0.1, 0.15) is 10.4 Å². The minimum absolute atomic E-state index is 0.518. The number of nitrogens with two attached hydrogens (primary N) is 1. The van der Waals surface area contributed by atoms with Crippen LogP contribution in [-0.2, 0) is 21.3 Å². The van der Waals surface area contributed by atoms with E-state index in [0.717, 1.165) is 19.4 Å². The minimum Gasteiger partial charge on any atom is -0.252 e. The maximum atomic E-state index is 11.8. The highest BCUT2D eigenvalue weighted by molar-refractivity contribution is 7.90. The Morgan fingerprint density at radius 2 is 1.82 bits per heavy atom. The molecule has 0 aliphatic heterocycles. The molecule has 0 bridgehead atoms. The molecule has 6 nitrogen and oxygen atoms in total. The summed E-state index contributed by atoms with van der Waals surface area (Å²) in [6.07, 6.45) is 12.5. The Morgan fingerprint density at radius 3 is 2.36 bits per heavy atom. The molecule has 126 valence electrons. The van der Waals surface area contributed by atoms with Gasteiger partial charge in [0.2, 0.25) is 10.0 Å². The van der Waals surface area contributed by atoms with E-state index in [1.807, 2.05) is 0 Å². The second kappa shape index (κ2) is 7.55. The Labute approximate surface area is 133 Å². The Bertz CT molecular complexity index is 564. The molecule has 1 saturated carbocycles. The first kappa shape index (κ1) is 17.4. The van der Waals surface area contributed by atoms with Crippen molar-refractivity contribution in [3.05, 3.63) is 11.9 Å². The molecule has 2 N–H and O–H groups in total. The van der Waals surface area contributed by atoms with Crippen LogP contribution in [-0.4, -0.2) is 23.4 Å². The number of rotatable bonds is 10. The van der Waals surface area contributed by atoms with Crippen LogP contribution in [0.2, 0.25) is 0 Å². The van der Waals surface area contributed by atoms with Crippen LogP contribution in [0.5, 0.6) is 0 Å². The highest BCUT2D eigenvalue weighted by atomic mass is 32.2. The van der Waals surface area contributed by atoms with E-state index in [0.29, 0.717) is 18.5 Å². The van der Waals surface area contributed by atoms with Crippen molar-refractivity contribution < 1.29 is 8.42 Å². The van der Waals surface area contributed by atoms with Crippen LogP contribution >= 0.6 is 0 Å². The molecule has 0 saturated heterocycles. The largest absolute Gasteiger partial charge is 0.252 e. The number of sulfonamides is 1. The summed E-state index contributed by atoms with van der Waals surface area (Å²) < 4.78 is 24.4. The lowest BCUT2D eigenvalue weighted by molar-refractivity contribution is 0.337. The molecule has 0 unspecified atom stereocenters. The van der Waals surface area contributed by atoms with Gasteiger partial charge < -0.3 is 0 Å². The summed E-state index contributed by atoms with van der Waals surface area (Å²) in [5.74, 6) is 0. The van der Waals surface area contributed by atoms with Crippen molar-refractivity contribution in [3.8, 4) is 0 Å². The van der Waals surface area contributed by atoms with Crippen molar-refractivity contribution in [1.82, 2.24) is 15.0 Å². The summed E-state index contributed by atoms with van der Waals surface area (Å²) in [4.78, 5) is 0. The van der Waals surface area contributed by atoms with E-state index in [1.54, 1.807) is 10.9 Å². The number of nitrogens with zero attached hydrogens (tertiary/aromatic N) is 3. The van der Waals surface area contributed by atoms with Gasteiger partial charge in [-0.15, -0.1) is 5.10 Å². The zero-order valence-electron chi connectivity index (χ0n) is 13.5. The van der Waals surface area contributed by atoms with Gasteiger partial charge in [-0.1, -0.05) is 50.7 Å². The van der Waals surface area contributed by atoms with Gasteiger partial charge >= 0.3 is 0 Å². The van der Waals surface area contributed by atoms with Crippen molar-refractivity contribution in [2.75, 3.05) is 0 Å². The highest BCUT2D eigenvalue weighted by Crippen LogP contribution is 2.45. The molecule has 0 radical (unpaired) electrons. The second-order valence-electron chi connectivity index (χ2n) is 6.38. The summed E-state index contributed by atoms with van der Waals surface area (Å²) in [5, 5.41) is 13.5. The van der Waals surface area contributed by atoms with Gasteiger partial charge in [-0.2, -0.15) is 0 Å². The summed E-state index contributed by atoms with van der Waals surface area (Å²) in [5.41, 5.74) is 0.518. The third-order valence-corrected chi connectivity index (χ3v) is 6.41. The number of hydrogen-bond donors (Lipinski definition) is 1. The average Bonchev–Trinajstić information content (AvgIpc) is 2.83. The van der Waals surface area contributed by atoms with Crippen LogP contribution in [0.3, 0.4) is 0 Å². The van der Waals surface area contributed by atoms with E-state index in [-0.39, 0.29) is 0 Å². The lowest BCUT2D eigenvalue weighted by atomic mass is 9.82. The van der Waals surface area contributed by atoms with E-state index < -0.39 is 14.8 Å². The monoisotopic (exact) mass is 328 g/mol. The lowest BCUT2D eigenvalue weighted by Crippen LogP contribution is -2.46. The van der Waals surface area contributed by atoms with Crippen LogP contribution in [0.15, 0.2) is 6.20 Å². The molecule has 1 heterocycles. The van der Waals surface area contributed by atoms with Gasteiger partial charge in [0, 0.05) is 6.54 Å². The lowest BCUT2D eigenvalue weighted by Gasteiger charge is -2.37. The fraction of sp³-hybridized carbons (Fsp3) is 0.867. The molecular weight excluding hydrogens is 300 g/mol. The van der Waals surface area contributed by atoms with Gasteiger partial charge in [0.15, 0.2) is 0 Å². The molecule has 0 atom stereocenters. The first-order chi connectivity index (χ1) is 10.5. The van der Waals surface area contributed by atoms with Gasteiger partial charge in [-0.05, 0) is 25.7 Å². The van der Waals surface area contributed by atoms with Crippen molar-refractivity contribution in [1.29, 1.82) is 0 Å². The molecule has 0 aromatic carbocycles. The molecule has 22 heavy (non-hydrogen) atoms. The van der Waals surface area contributed by atoms with Crippen LogP contribution < -0.4 is 5.14 Å². The van der Waals surface area contributed by atoms with Gasteiger partial charge in [-0.3, -0.25) is 4.68 Å². The normalized spacial score (nSPS) is 17.4. The zero-order valence-corrected chi connectivity index (χ0v) is 14.3. The van der Waals surface area contributed by atoms with Crippen LogP contribution in [0.1, 0.15) is 76.8 Å². The molecule has 0 amide bonds. The Balaban J connectivity index is 1.80. The van der Waals surface area contributed by atoms with E-state index in [4.69, 9.17) is 5.14 Å². The summed E-state index contributed by atoms with van der Waals surface area (Å²) >= 11 is 0. The third-order valence-electron chi connectivity index (χ3n) is 4.70. The quantitative estimate of drug-likeness (QED) is 0.668. The molecular formula is C15H28N4O2S. The maximum absolute atomic E-state index is 11.8. The van der Waals surface area contributed by atoms with Gasteiger partial charge in [-0.25, -0.2) is 13.6 Å². The molecule has 1 aromatic rings. The molecule has 1 fully saturated rings. The fourth-order valence-electron chi connectivity index (χ4n) is 3.03. The van der Waals surface area contributed by atoms with Crippen molar-refractivity contribution in [3.63, 3.8) is 0 Å². The smallest absolute Gasteiger partial charge is 0.220 e. The molecule has 1 aliphatic carbocycles.